The first-order chi connectivity index (χ1) is 8.86. The van der Waals surface area contributed by atoms with Crippen LogP contribution in [0, 0.1) is 0 Å². The standard InChI is InChI=1S/C11H15N7/c1-12-9-14-10(17-6-2-3-7-17)16-11(15-9)18-8-4-5-13-18/h4-5,8H,2-3,6-7H2,1H3,(H,12,14,15,16). The van der Waals surface area contributed by atoms with Gasteiger partial charge in [-0.2, -0.15) is 20.1 Å². The largest absolute Gasteiger partial charge is 0.357 e. The Morgan fingerprint density at radius 3 is 2.56 bits per heavy atom. The van der Waals surface area contributed by atoms with Crippen molar-refractivity contribution in [1.82, 2.24) is 24.7 Å². The first-order valence-electron chi connectivity index (χ1n) is 6.05. The van der Waals surface area contributed by atoms with Crippen molar-refractivity contribution in [2.24, 2.45) is 0 Å². The lowest BCUT2D eigenvalue weighted by molar-refractivity contribution is 0.780. The molecule has 0 aromatic carbocycles. The summed E-state index contributed by atoms with van der Waals surface area (Å²) in [7, 11) is 1.80. The van der Waals surface area contributed by atoms with Gasteiger partial charge in [-0.05, 0) is 18.9 Å². The van der Waals surface area contributed by atoms with Gasteiger partial charge in [-0.1, -0.05) is 0 Å². The van der Waals surface area contributed by atoms with Gasteiger partial charge in [0, 0.05) is 32.5 Å². The van der Waals surface area contributed by atoms with Crippen LogP contribution < -0.4 is 10.2 Å². The van der Waals surface area contributed by atoms with E-state index in [2.05, 4.69) is 30.3 Å². The molecule has 3 heterocycles. The van der Waals surface area contributed by atoms with Crippen LogP contribution in [0.4, 0.5) is 11.9 Å². The molecule has 0 spiro atoms. The summed E-state index contributed by atoms with van der Waals surface area (Å²) in [6.45, 7) is 2.01. The summed E-state index contributed by atoms with van der Waals surface area (Å²) in [4.78, 5) is 15.3. The fourth-order valence-corrected chi connectivity index (χ4v) is 2.01. The van der Waals surface area contributed by atoms with Gasteiger partial charge < -0.3 is 10.2 Å². The third kappa shape index (κ3) is 1.99. The number of nitrogens with one attached hydrogen (secondary N) is 1. The molecule has 0 radical (unpaired) electrons. The molecule has 1 N–H and O–H groups in total. The van der Waals surface area contributed by atoms with Crippen molar-refractivity contribution in [3.8, 4) is 5.95 Å². The van der Waals surface area contributed by atoms with Gasteiger partial charge in [0.05, 0.1) is 0 Å². The van der Waals surface area contributed by atoms with Crippen LogP contribution >= 0.6 is 0 Å². The van der Waals surface area contributed by atoms with Crippen LogP contribution in [-0.2, 0) is 0 Å². The number of nitrogens with zero attached hydrogens (tertiary/aromatic N) is 6. The molecule has 94 valence electrons. The zero-order chi connectivity index (χ0) is 12.4. The summed E-state index contributed by atoms with van der Waals surface area (Å²) in [5, 5.41) is 7.11. The van der Waals surface area contributed by atoms with E-state index in [1.54, 1.807) is 17.9 Å². The molecular formula is C11H15N7. The summed E-state index contributed by atoms with van der Waals surface area (Å²) in [6.07, 6.45) is 5.91. The van der Waals surface area contributed by atoms with Crippen molar-refractivity contribution in [3.63, 3.8) is 0 Å². The summed E-state index contributed by atoms with van der Waals surface area (Å²) in [5.41, 5.74) is 0. The van der Waals surface area contributed by atoms with Crippen LogP contribution in [0.25, 0.3) is 5.95 Å². The molecule has 7 nitrogen and oxygen atoms in total. The maximum atomic E-state index is 4.47. The van der Waals surface area contributed by atoms with E-state index in [1.807, 2.05) is 12.3 Å². The van der Waals surface area contributed by atoms with Gasteiger partial charge in [-0.15, -0.1) is 0 Å². The first kappa shape index (κ1) is 10.9. The third-order valence-corrected chi connectivity index (χ3v) is 2.93. The highest BCUT2D eigenvalue weighted by molar-refractivity contribution is 5.40. The highest BCUT2D eigenvalue weighted by atomic mass is 15.4. The van der Waals surface area contributed by atoms with Gasteiger partial charge >= 0.3 is 0 Å². The van der Waals surface area contributed by atoms with Crippen molar-refractivity contribution in [2.75, 3.05) is 30.4 Å². The normalized spacial score (nSPS) is 15.1. The van der Waals surface area contributed by atoms with Crippen molar-refractivity contribution in [3.05, 3.63) is 18.5 Å². The van der Waals surface area contributed by atoms with Crippen LogP contribution in [0.15, 0.2) is 18.5 Å². The van der Waals surface area contributed by atoms with E-state index < -0.39 is 0 Å². The van der Waals surface area contributed by atoms with Gasteiger partial charge in [0.15, 0.2) is 0 Å². The van der Waals surface area contributed by atoms with Crippen molar-refractivity contribution in [1.29, 1.82) is 0 Å². The van der Waals surface area contributed by atoms with Crippen molar-refractivity contribution >= 4 is 11.9 Å². The molecule has 0 bridgehead atoms. The lowest BCUT2D eigenvalue weighted by Crippen LogP contribution is -2.22. The fourth-order valence-electron chi connectivity index (χ4n) is 2.01. The number of hydrogen-bond donors (Lipinski definition) is 1. The zero-order valence-electron chi connectivity index (χ0n) is 10.2. The number of hydrogen-bond acceptors (Lipinski definition) is 6. The van der Waals surface area contributed by atoms with E-state index in [0.717, 1.165) is 19.0 Å². The Hall–Kier alpha value is -2.18. The first-order valence-corrected chi connectivity index (χ1v) is 6.05. The maximum Gasteiger partial charge on any atom is 0.257 e. The molecule has 18 heavy (non-hydrogen) atoms. The quantitative estimate of drug-likeness (QED) is 0.858. The van der Waals surface area contributed by atoms with E-state index in [1.165, 1.54) is 12.8 Å². The molecular weight excluding hydrogens is 230 g/mol. The van der Waals surface area contributed by atoms with Gasteiger partial charge in [0.1, 0.15) is 0 Å². The highest BCUT2D eigenvalue weighted by Gasteiger charge is 2.17. The predicted molar refractivity (Wildman–Crippen MR) is 67.9 cm³/mol. The Bertz CT molecular complexity index is 516. The lowest BCUT2D eigenvalue weighted by atomic mass is 10.4. The SMILES string of the molecule is CNc1nc(N2CCCC2)nc(-n2cccn2)n1. The highest BCUT2D eigenvalue weighted by Crippen LogP contribution is 2.17. The van der Waals surface area contributed by atoms with E-state index in [0.29, 0.717) is 11.9 Å². The molecule has 7 heteroatoms. The van der Waals surface area contributed by atoms with Crippen LogP contribution in [0.5, 0.6) is 0 Å². The molecule has 1 aliphatic rings. The van der Waals surface area contributed by atoms with Crippen LogP contribution in [0.1, 0.15) is 12.8 Å². The summed E-state index contributed by atoms with van der Waals surface area (Å²) in [5.74, 6) is 1.83. The Morgan fingerprint density at radius 1 is 1.11 bits per heavy atom. The predicted octanol–water partition coefficient (Wildman–Crippen LogP) is 0.699. The van der Waals surface area contributed by atoms with Crippen molar-refractivity contribution < 1.29 is 0 Å². The molecule has 3 rings (SSSR count). The topological polar surface area (TPSA) is 71.8 Å². The van der Waals surface area contributed by atoms with Gasteiger partial charge in [0.25, 0.3) is 5.95 Å². The van der Waals surface area contributed by atoms with E-state index in [9.17, 15) is 0 Å². The van der Waals surface area contributed by atoms with E-state index in [-0.39, 0.29) is 0 Å². The average Bonchev–Trinajstić information content (AvgIpc) is 3.10. The smallest absolute Gasteiger partial charge is 0.257 e. The Balaban J connectivity index is 2.01. The minimum Gasteiger partial charge on any atom is -0.357 e. The molecule has 0 atom stereocenters. The molecule has 0 aliphatic carbocycles. The van der Waals surface area contributed by atoms with Crippen LogP contribution in [-0.4, -0.2) is 44.9 Å². The number of anilines is 2. The molecule has 1 saturated heterocycles. The fraction of sp³-hybridized carbons (Fsp3) is 0.455. The minimum atomic E-state index is 0.543. The van der Waals surface area contributed by atoms with Gasteiger partial charge in [-0.3, -0.25) is 0 Å². The molecule has 2 aromatic rings. The average molecular weight is 245 g/mol. The Kier molecular flexibility index (Phi) is 2.79. The summed E-state index contributed by atoms with van der Waals surface area (Å²) in [6, 6.07) is 1.85. The number of aromatic nitrogens is 5. The lowest BCUT2D eigenvalue weighted by Gasteiger charge is -2.16. The second kappa shape index (κ2) is 4.59. The molecule has 0 saturated carbocycles. The summed E-state index contributed by atoms with van der Waals surface area (Å²) >= 11 is 0. The van der Waals surface area contributed by atoms with Crippen LogP contribution in [0.2, 0.25) is 0 Å². The van der Waals surface area contributed by atoms with E-state index in [4.69, 9.17) is 0 Å². The monoisotopic (exact) mass is 245 g/mol. The second-order valence-electron chi connectivity index (χ2n) is 4.15. The minimum absolute atomic E-state index is 0.543. The second-order valence-corrected chi connectivity index (χ2v) is 4.15. The van der Waals surface area contributed by atoms with Gasteiger partial charge in [-0.25, -0.2) is 4.68 Å². The van der Waals surface area contributed by atoms with Gasteiger partial charge in [0.2, 0.25) is 11.9 Å². The Morgan fingerprint density at radius 2 is 1.89 bits per heavy atom. The molecule has 0 unspecified atom stereocenters. The molecule has 2 aromatic heterocycles. The molecule has 1 aliphatic heterocycles. The molecule has 0 amide bonds. The maximum absolute atomic E-state index is 4.47. The summed E-state index contributed by atoms with van der Waals surface area (Å²) < 4.78 is 1.64. The zero-order valence-corrected chi connectivity index (χ0v) is 10.2. The van der Waals surface area contributed by atoms with E-state index >= 15 is 0 Å². The number of rotatable bonds is 3. The van der Waals surface area contributed by atoms with Crippen LogP contribution in [0.3, 0.4) is 0 Å². The molecule has 1 fully saturated rings. The Labute approximate surface area is 105 Å². The van der Waals surface area contributed by atoms with Crippen molar-refractivity contribution in [2.45, 2.75) is 12.8 Å². The third-order valence-electron chi connectivity index (χ3n) is 2.93.